The van der Waals surface area contributed by atoms with Crippen molar-refractivity contribution in [2.24, 2.45) is 0 Å². The van der Waals surface area contributed by atoms with Crippen LogP contribution in [0.15, 0.2) is 109 Å². The second kappa shape index (κ2) is 11.3. The highest BCUT2D eigenvalue weighted by Gasteiger charge is 2.38. The van der Waals surface area contributed by atoms with Crippen molar-refractivity contribution in [1.82, 2.24) is 0 Å². The Morgan fingerprint density at radius 3 is 1.24 bits per heavy atom. The number of hydrogen-bond donors (Lipinski definition) is 1. The quantitative estimate of drug-likeness (QED) is 0.142. The minimum Gasteiger partial charge on any atom is -0.394 e. The molecule has 1 aliphatic rings. The molecule has 0 fully saturated rings. The minimum atomic E-state index is -4.74. The molecule has 6 aromatic carbocycles. The summed E-state index contributed by atoms with van der Waals surface area (Å²) in [6.07, 6.45) is 0. The molecule has 226 valence electrons. The average Bonchev–Trinajstić information content (AvgIpc) is 3.13. The van der Waals surface area contributed by atoms with Crippen LogP contribution in [-0.4, -0.2) is 4.89 Å². The molecule has 1 heterocycles. The van der Waals surface area contributed by atoms with Crippen LogP contribution in [0, 0.1) is 0 Å². The Hall–Kier alpha value is -2.63. The Bertz CT molecular complexity index is 2020. The Balaban J connectivity index is 1.59. The van der Waals surface area contributed by atoms with Crippen molar-refractivity contribution in [3.8, 4) is 44.9 Å². The Morgan fingerprint density at radius 1 is 0.533 bits per heavy atom. The van der Waals surface area contributed by atoms with Crippen LogP contribution in [0.3, 0.4) is 0 Å². The lowest BCUT2D eigenvalue weighted by atomic mass is 9.86. The zero-order valence-corrected chi connectivity index (χ0v) is 28.2. The monoisotopic (exact) mass is 732 g/mol. The molecule has 0 aliphatic carbocycles. The maximum Gasteiger partial charge on any atom is 0.584 e. The fraction of sp³-hybridized carbons (Fsp3) is 0.0588. The van der Waals surface area contributed by atoms with Crippen molar-refractivity contribution in [2.45, 2.75) is 7.59 Å². The SMILES string of the molecule is O=P1(O)Oc2c(-c3ccc(C(Cl)(Cl)Cl)cc3)cc3ccccc3c2-c2c(c(-c3ccc(C(Cl)(Cl)Cl)cc3)cc3ccccc23)O1. The number of benzene rings is 6. The number of fused-ring (bicyclic) bond motifs is 7. The number of alkyl halides is 6. The highest BCUT2D eigenvalue weighted by Crippen LogP contribution is 2.61. The fourth-order valence-electron chi connectivity index (χ4n) is 5.70. The molecular weight excluding hydrogens is 716 g/mol. The molecule has 0 atom stereocenters. The molecule has 1 N–H and O–H groups in total. The molecular formula is C34H19Cl6O4P. The first-order valence-electron chi connectivity index (χ1n) is 13.5. The maximum absolute atomic E-state index is 13.8. The normalized spacial score (nSPS) is 14.3. The highest BCUT2D eigenvalue weighted by atomic mass is 35.6. The third kappa shape index (κ3) is 5.78. The molecule has 0 amide bonds. The first-order valence-corrected chi connectivity index (χ1v) is 17.3. The molecule has 0 aromatic heterocycles. The van der Waals surface area contributed by atoms with Gasteiger partial charge in [-0.2, -0.15) is 0 Å². The predicted molar refractivity (Wildman–Crippen MR) is 187 cm³/mol. The summed E-state index contributed by atoms with van der Waals surface area (Å²) in [5.41, 5.74) is 4.64. The van der Waals surface area contributed by atoms with E-state index in [4.69, 9.17) is 78.7 Å². The largest absolute Gasteiger partial charge is 0.584 e. The van der Waals surface area contributed by atoms with Crippen LogP contribution in [0.4, 0.5) is 0 Å². The van der Waals surface area contributed by atoms with Crippen LogP contribution in [0.1, 0.15) is 11.1 Å². The molecule has 0 spiro atoms. The lowest BCUT2D eigenvalue weighted by Crippen LogP contribution is -2.01. The molecule has 11 heteroatoms. The van der Waals surface area contributed by atoms with Crippen LogP contribution in [0.5, 0.6) is 11.5 Å². The lowest BCUT2D eigenvalue weighted by molar-refractivity contribution is 0.295. The number of halogens is 6. The molecule has 45 heavy (non-hydrogen) atoms. The standard InChI is InChI=1S/C34H19Cl6O4P/c35-33(36,37)23-13-9-19(10-14-23)27-17-21-5-1-3-7-25(21)29-30-26-8-4-2-6-22(26)18-28(32(30)44-45(41,42)43-31(27)29)20-11-15-24(16-12-20)34(38,39)40/h1-18H,(H,41,42). The van der Waals surface area contributed by atoms with Crippen LogP contribution >= 0.6 is 77.4 Å². The van der Waals surface area contributed by atoms with E-state index in [1.165, 1.54) is 0 Å². The van der Waals surface area contributed by atoms with Crippen LogP contribution in [0.2, 0.25) is 0 Å². The Morgan fingerprint density at radius 2 is 0.889 bits per heavy atom. The van der Waals surface area contributed by atoms with E-state index in [0.717, 1.165) is 21.5 Å². The third-order valence-electron chi connectivity index (χ3n) is 7.71. The highest BCUT2D eigenvalue weighted by molar-refractivity contribution is 7.48. The summed E-state index contributed by atoms with van der Waals surface area (Å²) in [7, 11) is -4.74. The van der Waals surface area contributed by atoms with Crippen molar-refractivity contribution in [3.05, 3.63) is 120 Å². The van der Waals surface area contributed by atoms with E-state index < -0.39 is 15.4 Å². The van der Waals surface area contributed by atoms with Crippen LogP contribution in [0.25, 0.3) is 54.9 Å². The zero-order valence-electron chi connectivity index (χ0n) is 22.8. The molecule has 0 unspecified atom stereocenters. The molecule has 0 saturated carbocycles. The van der Waals surface area contributed by atoms with Crippen molar-refractivity contribution in [1.29, 1.82) is 0 Å². The minimum absolute atomic E-state index is 0.189. The van der Waals surface area contributed by atoms with Gasteiger partial charge in [0.15, 0.2) is 0 Å². The van der Waals surface area contributed by atoms with Gasteiger partial charge in [0, 0.05) is 33.4 Å². The van der Waals surface area contributed by atoms with E-state index >= 15 is 0 Å². The van der Waals surface area contributed by atoms with Gasteiger partial charge >= 0.3 is 7.82 Å². The first-order chi connectivity index (χ1) is 21.3. The van der Waals surface area contributed by atoms with Gasteiger partial charge in [0.1, 0.15) is 11.5 Å². The molecule has 7 rings (SSSR count). The summed E-state index contributed by atoms with van der Waals surface area (Å²) >= 11 is 36.7. The number of hydrogen-bond acceptors (Lipinski definition) is 3. The summed E-state index contributed by atoms with van der Waals surface area (Å²) in [6.45, 7) is 0. The van der Waals surface area contributed by atoms with Crippen LogP contribution in [-0.2, 0) is 12.2 Å². The lowest BCUT2D eigenvalue weighted by Gasteiger charge is -2.19. The molecule has 1 aliphatic heterocycles. The van der Waals surface area contributed by atoms with E-state index in [0.29, 0.717) is 44.5 Å². The number of phosphoric ester groups is 1. The van der Waals surface area contributed by atoms with Crippen molar-refractivity contribution >= 4 is 99.0 Å². The van der Waals surface area contributed by atoms with Gasteiger partial charge in [-0.25, -0.2) is 4.57 Å². The van der Waals surface area contributed by atoms with E-state index in [1.807, 2.05) is 60.7 Å². The van der Waals surface area contributed by atoms with Crippen molar-refractivity contribution < 1.29 is 18.5 Å². The smallest absolute Gasteiger partial charge is 0.394 e. The van der Waals surface area contributed by atoms with Gasteiger partial charge in [-0.3, -0.25) is 4.89 Å². The van der Waals surface area contributed by atoms with Gasteiger partial charge in [0.05, 0.1) is 0 Å². The van der Waals surface area contributed by atoms with E-state index in [1.54, 1.807) is 48.5 Å². The average molecular weight is 735 g/mol. The van der Waals surface area contributed by atoms with E-state index in [2.05, 4.69) is 0 Å². The Labute approximate surface area is 288 Å². The van der Waals surface area contributed by atoms with E-state index in [9.17, 15) is 9.46 Å². The van der Waals surface area contributed by atoms with Crippen LogP contribution < -0.4 is 9.05 Å². The molecule has 0 radical (unpaired) electrons. The predicted octanol–water partition coefficient (Wildman–Crippen LogP) is 12.5. The summed E-state index contributed by atoms with van der Waals surface area (Å²) in [4.78, 5) is 11.2. The summed E-state index contributed by atoms with van der Waals surface area (Å²) in [6, 6.07) is 33.2. The third-order valence-corrected chi connectivity index (χ3v) is 9.85. The van der Waals surface area contributed by atoms with Gasteiger partial charge in [-0.15, -0.1) is 0 Å². The summed E-state index contributed by atoms with van der Waals surface area (Å²) < 4.78 is 22.5. The fourth-order valence-corrected chi connectivity index (χ4v) is 7.33. The summed E-state index contributed by atoms with van der Waals surface area (Å²) in [5, 5.41) is 3.36. The molecule has 6 aromatic rings. The Kier molecular flexibility index (Phi) is 7.76. The van der Waals surface area contributed by atoms with Gasteiger partial charge < -0.3 is 9.05 Å². The van der Waals surface area contributed by atoms with Crippen molar-refractivity contribution in [2.75, 3.05) is 0 Å². The van der Waals surface area contributed by atoms with E-state index in [-0.39, 0.29) is 11.5 Å². The second-order valence-corrected chi connectivity index (χ2v) is 16.4. The van der Waals surface area contributed by atoms with Gasteiger partial charge in [0.25, 0.3) is 0 Å². The van der Waals surface area contributed by atoms with Gasteiger partial charge in [0.2, 0.25) is 7.59 Å². The molecule has 0 saturated heterocycles. The summed E-state index contributed by atoms with van der Waals surface area (Å²) in [5.74, 6) is 0.377. The number of phosphoric acid groups is 1. The first kappa shape index (κ1) is 31.0. The maximum atomic E-state index is 13.8. The van der Waals surface area contributed by atoms with Gasteiger partial charge in [-0.1, -0.05) is 167 Å². The zero-order chi connectivity index (χ0) is 31.7. The van der Waals surface area contributed by atoms with Gasteiger partial charge in [-0.05, 0) is 44.8 Å². The van der Waals surface area contributed by atoms with Crippen molar-refractivity contribution in [3.63, 3.8) is 0 Å². The second-order valence-electron chi connectivity index (χ2n) is 10.5. The number of rotatable bonds is 2. The molecule has 0 bridgehead atoms. The topological polar surface area (TPSA) is 55.8 Å². The molecule has 4 nitrogen and oxygen atoms in total.